The van der Waals surface area contributed by atoms with E-state index in [2.05, 4.69) is 125 Å². The Bertz CT molecular complexity index is 1800. The number of hydrogen-bond donors (Lipinski definition) is 0. The van der Waals surface area contributed by atoms with E-state index in [4.69, 9.17) is 9.47 Å². The smallest absolute Gasteiger partial charge is 0.156 e. The van der Waals surface area contributed by atoms with Crippen molar-refractivity contribution in [2.75, 3.05) is 6.61 Å². The Balaban J connectivity index is 1.52. The van der Waals surface area contributed by atoms with Gasteiger partial charge in [0.2, 0.25) is 0 Å². The van der Waals surface area contributed by atoms with Crippen LogP contribution in [0.15, 0.2) is 133 Å². The Labute approximate surface area is 280 Å². The van der Waals surface area contributed by atoms with Gasteiger partial charge in [0.05, 0.1) is 6.61 Å². The maximum atomic E-state index is 12.9. The van der Waals surface area contributed by atoms with Gasteiger partial charge in [0.15, 0.2) is 5.78 Å². The maximum Gasteiger partial charge on any atom is 0.156 e. The number of unbranched alkanes of at least 4 members (excludes halogenated alkanes) is 1. The van der Waals surface area contributed by atoms with Crippen LogP contribution in [0, 0.1) is 5.41 Å². The van der Waals surface area contributed by atoms with E-state index in [1.54, 1.807) is 6.08 Å². The molecule has 2 atom stereocenters. The molecule has 1 heterocycles. The second-order valence-corrected chi connectivity index (χ2v) is 13.9. The largest absolute Gasteiger partial charge is 0.494 e. The lowest BCUT2D eigenvalue weighted by atomic mass is 9.73. The fourth-order valence-electron chi connectivity index (χ4n) is 6.99. The van der Waals surface area contributed by atoms with Crippen molar-refractivity contribution < 1.29 is 14.3 Å². The predicted molar refractivity (Wildman–Crippen MR) is 194 cm³/mol. The van der Waals surface area contributed by atoms with Crippen LogP contribution in [-0.4, -0.2) is 12.4 Å². The molecule has 0 saturated heterocycles. The zero-order chi connectivity index (χ0) is 33.0. The predicted octanol–water partition coefficient (Wildman–Crippen LogP) is 11.2. The fourth-order valence-corrected chi connectivity index (χ4v) is 6.99. The summed E-state index contributed by atoms with van der Waals surface area (Å²) in [5.74, 6) is 2.65. The van der Waals surface area contributed by atoms with Gasteiger partial charge in [-0.05, 0) is 88.4 Å². The van der Waals surface area contributed by atoms with E-state index in [0.717, 1.165) is 47.7 Å². The van der Waals surface area contributed by atoms with Crippen LogP contribution in [0.25, 0.3) is 17.2 Å². The minimum atomic E-state index is -0.306. The van der Waals surface area contributed by atoms with E-state index in [1.165, 1.54) is 27.8 Å². The van der Waals surface area contributed by atoms with E-state index in [0.29, 0.717) is 19.4 Å². The standard InChI is InChI=1S/C44H46O3/c1-6-8-28-46-35-16-12-17-37-39(18-13-27-44(5,7-2)30-35)47-40-26-25-38-36(24-23-34(45)29-43(38,3)4)42(40)41(37)33-21-19-32(20-22-33)31-14-10-9-11-15-31/h7,9-16,18-26,30,41H,2,6,8,17,27-29H2,1,3-5H3. The maximum absolute atomic E-state index is 12.9. The number of ketones is 1. The van der Waals surface area contributed by atoms with Crippen LogP contribution < -0.4 is 4.74 Å². The minimum absolute atomic E-state index is 0.0727. The molecule has 3 nitrogen and oxygen atoms in total. The van der Waals surface area contributed by atoms with Crippen molar-refractivity contribution in [2.24, 2.45) is 5.41 Å². The molecule has 3 aliphatic rings. The molecule has 0 radical (unpaired) electrons. The average Bonchev–Trinajstić information content (AvgIpc) is 3.20. The van der Waals surface area contributed by atoms with Gasteiger partial charge in [0, 0.05) is 23.3 Å². The van der Waals surface area contributed by atoms with Crippen molar-refractivity contribution in [2.45, 2.75) is 71.1 Å². The summed E-state index contributed by atoms with van der Waals surface area (Å²) < 4.78 is 13.1. The van der Waals surface area contributed by atoms with Gasteiger partial charge >= 0.3 is 0 Å². The van der Waals surface area contributed by atoms with Crippen LogP contribution in [0.5, 0.6) is 5.75 Å². The third-order valence-corrected chi connectivity index (χ3v) is 9.70. The normalized spacial score (nSPS) is 21.7. The van der Waals surface area contributed by atoms with Gasteiger partial charge in [-0.2, -0.15) is 0 Å². The van der Waals surface area contributed by atoms with Crippen molar-refractivity contribution in [3.8, 4) is 16.9 Å². The molecule has 0 spiro atoms. The van der Waals surface area contributed by atoms with Crippen LogP contribution in [0.4, 0.5) is 0 Å². The van der Waals surface area contributed by atoms with Crippen molar-refractivity contribution in [3.63, 3.8) is 0 Å². The molecule has 0 aromatic heterocycles. The van der Waals surface area contributed by atoms with E-state index in [-0.39, 0.29) is 22.5 Å². The number of benzene rings is 3. The van der Waals surface area contributed by atoms with Crippen LogP contribution in [0.1, 0.15) is 88.0 Å². The highest BCUT2D eigenvalue weighted by molar-refractivity contribution is 5.96. The Kier molecular flexibility index (Phi) is 9.36. The molecule has 0 bridgehead atoms. The van der Waals surface area contributed by atoms with Gasteiger partial charge in [-0.25, -0.2) is 0 Å². The summed E-state index contributed by atoms with van der Waals surface area (Å²) in [5, 5.41) is 0. The molecular weight excluding hydrogens is 576 g/mol. The van der Waals surface area contributed by atoms with Gasteiger partial charge in [-0.15, -0.1) is 6.58 Å². The molecule has 0 amide bonds. The Morgan fingerprint density at radius 2 is 1.68 bits per heavy atom. The molecule has 47 heavy (non-hydrogen) atoms. The molecule has 0 fully saturated rings. The first-order valence-corrected chi connectivity index (χ1v) is 17.0. The van der Waals surface area contributed by atoms with Gasteiger partial charge in [-0.1, -0.05) is 119 Å². The summed E-state index contributed by atoms with van der Waals surface area (Å²) in [6, 6.07) is 23.7. The second kappa shape index (κ2) is 13.6. The van der Waals surface area contributed by atoms with Crippen LogP contribution in [0.3, 0.4) is 0 Å². The molecule has 3 aromatic carbocycles. The highest BCUT2D eigenvalue weighted by atomic mass is 16.5. The SMILES string of the molecule is C=CC1(C)C=C(OCCCC)C=CCC2=C(C=CC1)Oc1ccc3c(c1C2c1ccc(-c2ccccc2)cc1)C=CC(=O)CC3(C)C. The van der Waals surface area contributed by atoms with Crippen LogP contribution in [-0.2, 0) is 14.9 Å². The molecule has 0 saturated carbocycles. The molecule has 3 heteroatoms. The van der Waals surface area contributed by atoms with Crippen LogP contribution >= 0.6 is 0 Å². The lowest BCUT2D eigenvalue weighted by Gasteiger charge is -2.34. The number of hydrogen-bond acceptors (Lipinski definition) is 3. The van der Waals surface area contributed by atoms with E-state index in [9.17, 15) is 4.79 Å². The van der Waals surface area contributed by atoms with Gasteiger partial charge in [0.1, 0.15) is 17.3 Å². The van der Waals surface area contributed by atoms with Crippen molar-refractivity contribution in [3.05, 3.63) is 155 Å². The zero-order valence-corrected chi connectivity index (χ0v) is 28.2. The van der Waals surface area contributed by atoms with E-state index < -0.39 is 0 Å². The molecule has 6 rings (SSSR count). The summed E-state index contributed by atoms with van der Waals surface area (Å²) in [5.41, 5.74) is 7.56. The molecule has 0 N–H and O–H groups in total. The highest BCUT2D eigenvalue weighted by Gasteiger charge is 2.36. The Morgan fingerprint density at radius 1 is 0.915 bits per heavy atom. The molecule has 2 aliphatic carbocycles. The van der Waals surface area contributed by atoms with Crippen LogP contribution in [0.2, 0.25) is 0 Å². The van der Waals surface area contributed by atoms with E-state index in [1.807, 2.05) is 18.2 Å². The Hall–Kier alpha value is -4.63. The first-order valence-electron chi connectivity index (χ1n) is 17.0. The van der Waals surface area contributed by atoms with Crippen molar-refractivity contribution >= 4 is 11.9 Å². The third-order valence-electron chi connectivity index (χ3n) is 9.70. The number of ether oxygens (including phenoxy) is 2. The fraction of sp³-hybridized carbons (Fsp3) is 0.295. The minimum Gasteiger partial charge on any atom is -0.494 e. The molecule has 3 aromatic rings. The number of carbonyl (C=O) groups is 1. The molecule has 240 valence electrons. The lowest BCUT2D eigenvalue weighted by Crippen LogP contribution is -2.23. The van der Waals surface area contributed by atoms with Gasteiger partial charge in [0.25, 0.3) is 0 Å². The topological polar surface area (TPSA) is 35.5 Å². The summed E-state index contributed by atoms with van der Waals surface area (Å²) in [7, 11) is 0. The number of fused-ring (bicyclic) bond motifs is 3. The molecule has 1 aliphatic heterocycles. The monoisotopic (exact) mass is 622 g/mol. The molecular formula is C44H46O3. The number of allylic oxidation sites excluding steroid dienone is 8. The first kappa shape index (κ1) is 32.3. The zero-order valence-electron chi connectivity index (χ0n) is 28.2. The molecule has 2 unspecified atom stereocenters. The number of carbonyl (C=O) groups excluding carboxylic acids is 1. The second-order valence-electron chi connectivity index (χ2n) is 13.9. The van der Waals surface area contributed by atoms with Gasteiger partial charge < -0.3 is 9.47 Å². The summed E-state index contributed by atoms with van der Waals surface area (Å²) in [6.45, 7) is 13.6. The highest BCUT2D eigenvalue weighted by Crippen LogP contribution is 2.50. The van der Waals surface area contributed by atoms with Crippen molar-refractivity contribution in [1.82, 2.24) is 0 Å². The average molecular weight is 623 g/mol. The number of rotatable bonds is 7. The summed E-state index contributed by atoms with van der Waals surface area (Å²) in [6.07, 6.45) is 20.7. The lowest BCUT2D eigenvalue weighted by molar-refractivity contribution is -0.115. The summed E-state index contributed by atoms with van der Waals surface area (Å²) in [4.78, 5) is 12.9. The third kappa shape index (κ3) is 6.90. The quantitative estimate of drug-likeness (QED) is 0.194. The van der Waals surface area contributed by atoms with Crippen molar-refractivity contribution in [1.29, 1.82) is 0 Å². The van der Waals surface area contributed by atoms with E-state index >= 15 is 0 Å². The van der Waals surface area contributed by atoms with Gasteiger partial charge in [-0.3, -0.25) is 4.79 Å². The Morgan fingerprint density at radius 3 is 2.43 bits per heavy atom. The summed E-state index contributed by atoms with van der Waals surface area (Å²) >= 11 is 0. The first-order chi connectivity index (χ1) is 22.7.